The summed E-state index contributed by atoms with van der Waals surface area (Å²) in [6.45, 7) is 0. The van der Waals surface area contributed by atoms with Crippen LogP contribution in [0.5, 0.6) is 5.75 Å². The van der Waals surface area contributed by atoms with Crippen molar-refractivity contribution >= 4 is 29.0 Å². The van der Waals surface area contributed by atoms with Gasteiger partial charge in [0.25, 0.3) is 0 Å². The fourth-order valence-electron chi connectivity index (χ4n) is 2.13. The lowest BCUT2D eigenvalue weighted by molar-refractivity contribution is -0.137. The predicted octanol–water partition coefficient (Wildman–Crippen LogP) is 3.20. The zero-order chi connectivity index (χ0) is 16.7. The van der Waals surface area contributed by atoms with Crippen molar-refractivity contribution in [2.45, 2.75) is 12.5 Å². The van der Waals surface area contributed by atoms with E-state index in [1.54, 1.807) is 13.2 Å². The maximum atomic E-state index is 11.1. The maximum Gasteiger partial charge on any atom is 0.305 e. The van der Waals surface area contributed by atoms with Crippen LogP contribution >= 0.6 is 12.2 Å². The Kier molecular flexibility index (Phi) is 5.94. The Balaban J connectivity index is 2.11. The zero-order valence-electron chi connectivity index (χ0n) is 12.7. The van der Waals surface area contributed by atoms with Gasteiger partial charge in [-0.3, -0.25) is 4.79 Å². The zero-order valence-corrected chi connectivity index (χ0v) is 13.5. The number of thiocarbonyl (C=S) groups is 1. The van der Waals surface area contributed by atoms with Crippen molar-refractivity contribution < 1.29 is 14.6 Å². The van der Waals surface area contributed by atoms with Crippen LogP contribution in [0.3, 0.4) is 0 Å². The number of rotatable bonds is 6. The molecular weight excluding hydrogens is 312 g/mol. The summed E-state index contributed by atoms with van der Waals surface area (Å²) in [5.74, 6) is -0.241. The van der Waals surface area contributed by atoms with E-state index in [2.05, 4.69) is 10.6 Å². The number of benzene rings is 2. The first-order valence-electron chi connectivity index (χ1n) is 7.07. The summed E-state index contributed by atoms with van der Waals surface area (Å²) in [7, 11) is 1.57. The second-order valence-corrected chi connectivity index (χ2v) is 5.30. The van der Waals surface area contributed by atoms with Gasteiger partial charge < -0.3 is 20.5 Å². The number of ether oxygens (including phenoxy) is 1. The second kappa shape index (κ2) is 8.14. The minimum atomic E-state index is -0.909. The van der Waals surface area contributed by atoms with Gasteiger partial charge in [-0.2, -0.15) is 0 Å². The summed E-state index contributed by atoms with van der Waals surface area (Å²) < 4.78 is 5.19. The molecule has 3 N–H and O–H groups in total. The topological polar surface area (TPSA) is 70.6 Å². The summed E-state index contributed by atoms with van der Waals surface area (Å²) in [5.41, 5.74) is 1.63. The summed E-state index contributed by atoms with van der Waals surface area (Å²) in [6, 6.07) is 16.3. The molecule has 0 aliphatic heterocycles. The van der Waals surface area contributed by atoms with E-state index in [1.807, 2.05) is 48.5 Å². The number of hydrogen-bond acceptors (Lipinski definition) is 3. The number of methoxy groups -OCH3 is 1. The molecule has 120 valence electrons. The predicted molar refractivity (Wildman–Crippen MR) is 93.8 cm³/mol. The second-order valence-electron chi connectivity index (χ2n) is 4.89. The van der Waals surface area contributed by atoms with Gasteiger partial charge in [-0.15, -0.1) is 0 Å². The molecule has 0 fully saturated rings. The minimum Gasteiger partial charge on any atom is -0.497 e. The lowest BCUT2D eigenvalue weighted by atomic mass is 10.0. The Morgan fingerprint density at radius 3 is 2.61 bits per heavy atom. The smallest absolute Gasteiger partial charge is 0.305 e. The van der Waals surface area contributed by atoms with Gasteiger partial charge in [0.15, 0.2) is 5.11 Å². The Labute approximate surface area is 140 Å². The highest BCUT2D eigenvalue weighted by Gasteiger charge is 2.17. The van der Waals surface area contributed by atoms with E-state index in [-0.39, 0.29) is 6.42 Å². The van der Waals surface area contributed by atoms with E-state index in [9.17, 15) is 4.79 Å². The van der Waals surface area contributed by atoms with Crippen LogP contribution in [0.2, 0.25) is 0 Å². The molecule has 6 heteroatoms. The first-order valence-corrected chi connectivity index (χ1v) is 7.47. The molecule has 0 unspecified atom stereocenters. The molecule has 0 aromatic heterocycles. The largest absolute Gasteiger partial charge is 0.497 e. The lowest BCUT2D eigenvalue weighted by Crippen LogP contribution is -2.33. The Hall–Kier alpha value is -2.60. The Morgan fingerprint density at radius 1 is 1.22 bits per heavy atom. The van der Waals surface area contributed by atoms with Crippen LogP contribution in [-0.4, -0.2) is 23.3 Å². The highest BCUT2D eigenvalue weighted by Crippen LogP contribution is 2.22. The van der Waals surface area contributed by atoms with Crippen molar-refractivity contribution in [1.82, 2.24) is 5.32 Å². The van der Waals surface area contributed by atoms with E-state index < -0.39 is 12.0 Å². The molecule has 0 aliphatic rings. The number of hydrogen-bond donors (Lipinski definition) is 3. The van der Waals surface area contributed by atoms with Crippen molar-refractivity contribution in [3.63, 3.8) is 0 Å². The highest BCUT2D eigenvalue weighted by molar-refractivity contribution is 7.80. The van der Waals surface area contributed by atoms with Gasteiger partial charge in [0, 0.05) is 5.69 Å². The number of nitrogens with one attached hydrogen (secondary N) is 2. The van der Waals surface area contributed by atoms with E-state index in [0.29, 0.717) is 10.9 Å². The van der Waals surface area contributed by atoms with Gasteiger partial charge in [-0.05, 0) is 42.0 Å². The summed E-state index contributed by atoms with van der Waals surface area (Å²) in [6.07, 6.45) is -0.0935. The quantitative estimate of drug-likeness (QED) is 0.707. The third-order valence-electron chi connectivity index (χ3n) is 3.21. The fourth-order valence-corrected chi connectivity index (χ4v) is 2.39. The molecule has 0 saturated heterocycles. The summed E-state index contributed by atoms with van der Waals surface area (Å²) in [5, 5.41) is 15.6. The minimum absolute atomic E-state index is 0.0935. The van der Waals surface area contributed by atoms with E-state index >= 15 is 0 Å². The molecule has 23 heavy (non-hydrogen) atoms. The number of carbonyl (C=O) groups is 1. The number of carboxylic acid groups (broad SMARTS) is 1. The van der Waals surface area contributed by atoms with Crippen LogP contribution < -0.4 is 15.4 Å². The van der Waals surface area contributed by atoms with Gasteiger partial charge >= 0.3 is 5.97 Å². The number of aliphatic carboxylic acids is 1. The number of carboxylic acids is 1. The van der Waals surface area contributed by atoms with Crippen molar-refractivity contribution in [1.29, 1.82) is 0 Å². The SMILES string of the molecule is COc1cccc([C@H](CC(=O)O)NC(=S)Nc2ccccc2)c1. The van der Waals surface area contributed by atoms with E-state index in [4.69, 9.17) is 22.1 Å². The normalized spacial score (nSPS) is 11.3. The molecule has 2 rings (SSSR count). The number of para-hydroxylation sites is 1. The van der Waals surface area contributed by atoms with Crippen LogP contribution in [0.25, 0.3) is 0 Å². The first-order chi connectivity index (χ1) is 11.1. The van der Waals surface area contributed by atoms with Crippen molar-refractivity contribution in [3.05, 3.63) is 60.2 Å². The summed E-state index contributed by atoms with van der Waals surface area (Å²) >= 11 is 5.28. The highest BCUT2D eigenvalue weighted by atomic mass is 32.1. The molecule has 0 saturated carbocycles. The van der Waals surface area contributed by atoms with Gasteiger partial charge in [-0.1, -0.05) is 30.3 Å². The molecule has 2 aromatic rings. The van der Waals surface area contributed by atoms with Gasteiger partial charge in [0.05, 0.1) is 19.6 Å². The Morgan fingerprint density at radius 2 is 1.96 bits per heavy atom. The van der Waals surface area contributed by atoms with Crippen molar-refractivity contribution in [2.24, 2.45) is 0 Å². The van der Waals surface area contributed by atoms with Gasteiger partial charge in [0.1, 0.15) is 5.75 Å². The van der Waals surface area contributed by atoms with Crippen molar-refractivity contribution in [2.75, 3.05) is 12.4 Å². The Bertz CT molecular complexity index is 677. The first kappa shape index (κ1) is 16.8. The summed E-state index contributed by atoms with van der Waals surface area (Å²) in [4.78, 5) is 11.1. The van der Waals surface area contributed by atoms with Crippen LogP contribution in [0.15, 0.2) is 54.6 Å². The third kappa shape index (κ3) is 5.27. The molecule has 0 radical (unpaired) electrons. The van der Waals surface area contributed by atoms with Crippen LogP contribution in [0, 0.1) is 0 Å². The van der Waals surface area contributed by atoms with E-state index in [0.717, 1.165) is 11.3 Å². The molecule has 0 bridgehead atoms. The van der Waals surface area contributed by atoms with Gasteiger partial charge in [0.2, 0.25) is 0 Å². The van der Waals surface area contributed by atoms with E-state index in [1.165, 1.54) is 0 Å². The van der Waals surface area contributed by atoms with Gasteiger partial charge in [-0.25, -0.2) is 0 Å². The monoisotopic (exact) mass is 330 g/mol. The number of anilines is 1. The van der Waals surface area contributed by atoms with Crippen LogP contribution in [0.1, 0.15) is 18.0 Å². The average Bonchev–Trinajstić information content (AvgIpc) is 2.54. The molecule has 0 heterocycles. The molecular formula is C17H18N2O3S. The van der Waals surface area contributed by atoms with Crippen LogP contribution in [0.4, 0.5) is 5.69 Å². The molecule has 0 aliphatic carbocycles. The molecule has 0 spiro atoms. The van der Waals surface area contributed by atoms with Crippen molar-refractivity contribution in [3.8, 4) is 5.75 Å². The van der Waals surface area contributed by atoms with Crippen LogP contribution in [-0.2, 0) is 4.79 Å². The lowest BCUT2D eigenvalue weighted by Gasteiger charge is -2.20. The molecule has 0 amide bonds. The molecule has 1 atom stereocenters. The third-order valence-corrected chi connectivity index (χ3v) is 3.43. The molecule has 2 aromatic carbocycles. The standard InChI is InChI=1S/C17H18N2O3S/c1-22-14-9-5-6-12(10-14)15(11-16(20)21)19-17(23)18-13-7-3-2-4-8-13/h2-10,15H,11H2,1H3,(H,20,21)(H2,18,19,23)/t15-/m0/s1. The molecule has 5 nitrogen and oxygen atoms in total. The average molecular weight is 330 g/mol. The maximum absolute atomic E-state index is 11.1. The fraction of sp³-hybridized carbons (Fsp3) is 0.176.